The fourth-order valence-electron chi connectivity index (χ4n) is 5.80. The number of piperidine rings is 1. The molecule has 5 rings (SSSR count). The van der Waals surface area contributed by atoms with Crippen LogP contribution >= 0.6 is 23.2 Å². The molecule has 3 amide bonds. The fourth-order valence-corrected chi connectivity index (χ4v) is 6.40. The summed E-state index contributed by atoms with van der Waals surface area (Å²) in [6.07, 6.45) is 3.68. The number of hydrogen-bond donors (Lipinski definition) is 4. The molecule has 3 heterocycles. The first-order chi connectivity index (χ1) is 24.1. The van der Waals surface area contributed by atoms with E-state index < -0.39 is 12.0 Å². The Kier molecular flexibility index (Phi) is 12.3. The summed E-state index contributed by atoms with van der Waals surface area (Å²) in [6.45, 7) is 3.38. The van der Waals surface area contributed by atoms with E-state index >= 15 is 0 Å². The number of ether oxygens (including phenoxy) is 1. The highest BCUT2D eigenvalue weighted by molar-refractivity contribution is 6.39. The summed E-state index contributed by atoms with van der Waals surface area (Å²) >= 11 is 13.8. The number of aromatic nitrogens is 2. The van der Waals surface area contributed by atoms with Gasteiger partial charge < -0.3 is 35.4 Å². The number of carbonyl (C=O) groups is 3. The molecule has 12 nitrogen and oxygen atoms in total. The van der Waals surface area contributed by atoms with Gasteiger partial charge >= 0.3 is 6.09 Å². The third-order valence-corrected chi connectivity index (χ3v) is 9.37. The zero-order valence-electron chi connectivity index (χ0n) is 27.7. The minimum Gasteiger partial charge on any atom is -0.496 e. The van der Waals surface area contributed by atoms with E-state index in [-0.39, 0.29) is 36.3 Å². The Morgan fingerprint density at radius 3 is 2.44 bits per heavy atom. The van der Waals surface area contributed by atoms with Crippen molar-refractivity contribution in [3.63, 3.8) is 0 Å². The topological polar surface area (TPSA) is 157 Å². The van der Waals surface area contributed by atoms with Crippen molar-refractivity contribution in [2.75, 3.05) is 38.7 Å². The Balaban J connectivity index is 1.30. The highest BCUT2D eigenvalue weighted by Gasteiger charge is 2.22. The van der Waals surface area contributed by atoms with E-state index in [2.05, 4.69) is 20.6 Å². The Bertz CT molecular complexity index is 1850. The zero-order chi connectivity index (χ0) is 35.8. The van der Waals surface area contributed by atoms with Crippen molar-refractivity contribution >= 4 is 46.8 Å². The average molecular weight is 722 g/mol. The van der Waals surface area contributed by atoms with Gasteiger partial charge in [-0.3, -0.25) is 19.6 Å². The normalized spacial score (nSPS) is 13.2. The third kappa shape index (κ3) is 8.69. The smallest absolute Gasteiger partial charge is 0.407 e. The van der Waals surface area contributed by atoms with E-state index in [0.717, 1.165) is 42.0 Å². The van der Waals surface area contributed by atoms with Gasteiger partial charge in [0.1, 0.15) is 11.4 Å². The van der Waals surface area contributed by atoms with Crippen molar-refractivity contribution in [1.82, 2.24) is 25.1 Å². The van der Waals surface area contributed by atoms with Gasteiger partial charge in [0, 0.05) is 73.8 Å². The molecule has 0 aliphatic carbocycles. The molecule has 0 saturated carbocycles. The van der Waals surface area contributed by atoms with Crippen LogP contribution in [0.4, 0.5) is 10.5 Å². The van der Waals surface area contributed by atoms with E-state index in [9.17, 15) is 19.5 Å². The molecule has 0 atom stereocenters. The number of aliphatic hydroxyl groups is 1. The number of rotatable bonds is 12. The summed E-state index contributed by atoms with van der Waals surface area (Å²) in [5.41, 5.74) is 4.49. The standard InChI is InChI=1S/C36H38Cl2N6O6/c1-22(46)43-14-11-26(12-15-43)40-20-25-8-7-24(18-31(25)50-2)34-33(38)28(10-13-39-34)27-4-3-5-29(32(27)37)42-35(47)30-9-6-23(19-41-30)21-44(16-17-45)36(48)49/h3-10,13,18-19,26,40,45H,11-12,14-17,20-21H2,1-2H3,(H,42,47)(H,48,49). The molecule has 4 aromatic rings. The largest absolute Gasteiger partial charge is 0.496 e. The van der Waals surface area contributed by atoms with Gasteiger partial charge in [-0.1, -0.05) is 53.5 Å². The number of nitrogens with one attached hydrogen (secondary N) is 2. The highest BCUT2D eigenvalue weighted by atomic mass is 35.5. The van der Waals surface area contributed by atoms with Gasteiger partial charge in [-0.05, 0) is 42.7 Å². The lowest BCUT2D eigenvalue weighted by molar-refractivity contribution is -0.129. The molecule has 0 bridgehead atoms. The van der Waals surface area contributed by atoms with E-state index in [4.69, 9.17) is 33.0 Å². The van der Waals surface area contributed by atoms with E-state index in [0.29, 0.717) is 51.4 Å². The molecule has 1 aliphatic rings. The summed E-state index contributed by atoms with van der Waals surface area (Å²) in [6, 6.07) is 16.2. The second kappa shape index (κ2) is 16.8. The van der Waals surface area contributed by atoms with Crippen molar-refractivity contribution < 1.29 is 29.3 Å². The van der Waals surface area contributed by atoms with Gasteiger partial charge in [-0.25, -0.2) is 4.79 Å². The van der Waals surface area contributed by atoms with Crippen LogP contribution in [0.15, 0.2) is 67.0 Å². The Morgan fingerprint density at radius 1 is 1.02 bits per heavy atom. The molecular weight excluding hydrogens is 683 g/mol. The number of amides is 3. The van der Waals surface area contributed by atoms with Crippen molar-refractivity contribution in [2.24, 2.45) is 0 Å². The Labute approximate surface area is 300 Å². The summed E-state index contributed by atoms with van der Waals surface area (Å²) in [4.78, 5) is 47.8. The highest BCUT2D eigenvalue weighted by Crippen LogP contribution is 2.41. The van der Waals surface area contributed by atoms with Crippen molar-refractivity contribution in [1.29, 1.82) is 0 Å². The molecule has 1 saturated heterocycles. The van der Waals surface area contributed by atoms with Crippen LogP contribution in [0, 0.1) is 0 Å². The molecule has 50 heavy (non-hydrogen) atoms. The molecule has 2 aromatic carbocycles. The van der Waals surface area contributed by atoms with Crippen LogP contribution in [-0.4, -0.2) is 87.3 Å². The predicted molar refractivity (Wildman–Crippen MR) is 192 cm³/mol. The molecule has 14 heteroatoms. The number of nitrogens with zero attached hydrogens (tertiary/aromatic N) is 4. The van der Waals surface area contributed by atoms with Gasteiger partial charge in [0.15, 0.2) is 0 Å². The summed E-state index contributed by atoms with van der Waals surface area (Å²) < 4.78 is 5.74. The number of halogens is 2. The SMILES string of the molecule is COc1cc(-c2nccc(-c3cccc(NC(=O)c4ccc(CN(CCO)C(=O)O)cn4)c3Cl)c2Cl)ccc1CNC1CCN(C(C)=O)CC1. The van der Waals surface area contributed by atoms with Gasteiger partial charge in [0.25, 0.3) is 5.91 Å². The van der Waals surface area contributed by atoms with Crippen LogP contribution in [0.3, 0.4) is 0 Å². The first kappa shape index (κ1) is 36.5. The maximum atomic E-state index is 13.1. The van der Waals surface area contributed by atoms with Crippen LogP contribution < -0.4 is 15.4 Å². The van der Waals surface area contributed by atoms with E-state index in [1.165, 1.54) is 12.3 Å². The van der Waals surface area contributed by atoms with Gasteiger partial charge in [-0.15, -0.1) is 0 Å². The molecule has 2 aromatic heterocycles. The number of likely N-dealkylation sites (tertiary alicyclic amines) is 1. The number of anilines is 1. The van der Waals surface area contributed by atoms with E-state index in [1.54, 1.807) is 50.6 Å². The lowest BCUT2D eigenvalue weighted by Crippen LogP contribution is -2.43. The number of benzene rings is 2. The summed E-state index contributed by atoms with van der Waals surface area (Å²) in [5.74, 6) is 0.291. The minimum absolute atomic E-state index is 0.0188. The first-order valence-corrected chi connectivity index (χ1v) is 16.8. The number of methoxy groups -OCH3 is 1. The van der Waals surface area contributed by atoms with Crippen LogP contribution in [0.1, 0.15) is 41.4 Å². The second-order valence-corrected chi connectivity index (χ2v) is 12.6. The number of hydrogen-bond acceptors (Lipinski definition) is 8. The monoisotopic (exact) mass is 720 g/mol. The molecule has 1 aliphatic heterocycles. The quantitative estimate of drug-likeness (QED) is 0.139. The molecule has 4 N–H and O–H groups in total. The zero-order valence-corrected chi connectivity index (χ0v) is 29.2. The third-order valence-electron chi connectivity index (χ3n) is 8.58. The maximum Gasteiger partial charge on any atom is 0.407 e. The van der Waals surface area contributed by atoms with Gasteiger partial charge in [0.05, 0.1) is 41.7 Å². The molecule has 0 unspecified atom stereocenters. The second-order valence-electron chi connectivity index (χ2n) is 11.8. The van der Waals surface area contributed by atoms with Gasteiger partial charge in [0.2, 0.25) is 5.91 Å². The average Bonchev–Trinajstić information content (AvgIpc) is 3.12. The van der Waals surface area contributed by atoms with Crippen LogP contribution in [0.5, 0.6) is 5.75 Å². The maximum absolute atomic E-state index is 13.1. The predicted octanol–water partition coefficient (Wildman–Crippen LogP) is 5.95. The van der Waals surface area contributed by atoms with Gasteiger partial charge in [-0.2, -0.15) is 0 Å². The Morgan fingerprint density at radius 2 is 1.78 bits per heavy atom. The molecule has 1 fully saturated rings. The summed E-state index contributed by atoms with van der Waals surface area (Å²) in [5, 5.41) is 25.4. The van der Waals surface area contributed by atoms with Crippen LogP contribution in [0.25, 0.3) is 22.4 Å². The molecule has 0 radical (unpaired) electrons. The van der Waals surface area contributed by atoms with Crippen LogP contribution in [-0.2, 0) is 17.9 Å². The number of carboxylic acid groups (broad SMARTS) is 1. The number of carbonyl (C=O) groups excluding carboxylic acids is 2. The van der Waals surface area contributed by atoms with E-state index in [1.807, 2.05) is 23.1 Å². The lowest BCUT2D eigenvalue weighted by atomic mass is 10.0. The minimum atomic E-state index is -1.17. The summed E-state index contributed by atoms with van der Waals surface area (Å²) in [7, 11) is 1.62. The van der Waals surface area contributed by atoms with Crippen molar-refractivity contribution in [3.8, 4) is 28.1 Å². The fraction of sp³-hybridized carbons (Fsp3) is 0.306. The van der Waals surface area contributed by atoms with Crippen molar-refractivity contribution in [2.45, 2.75) is 38.9 Å². The first-order valence-electron chi connectivity index (χ1n) is 16.0. The van der Waals surface area contributed by atoms with Crippen molar-refractivity contribution in [3.05, 3.63) is 93.9 Å². The molecule has 262 valence electrons. The number of pyridine rings is 2. The van der Waals surface area contributed by atoms with Crippen LogP contribution in [0.2, 0.25) is 10.0 Å². The number of aliphatic hydroxyl groups excluding tert-OH is 1. The Hall–Kier alpha value is -4.75. The molecular formula is C36H38Cl2N6O6. The lowest BCUT2D eigenvalue weighted by Gasteiger charge is -2.32. The molecule has 0 spiro atoms.